The number of sulfonamides is 1. The lowest BCUT2D eigenvalue weighted by Gasteiger charge is -2.26. The first-order valence-electron chi connectivity index (χ1n) is 7.22. The lowest BCUT2D eigenvalue weighted by Crippen LogP contribution is -2.41. The van der Waals surface area contributed by atoms with Crippen LogP contribution in [0, 0.1) is 0 Å². The number of nitrogens with one attached hydrogen (secondary N) is 1. The molecule has 3 rings (SSSR count). The van der Waals surface area contributed by atoms with Gasteiger partial charge < -0.3 is 9.64 Å². The van der Waals surface area contributed by atoms with Crippen LogP contribution in [0.3, 0.4) is 0 Å². The molecule has 126 valence electrons. The number of carbonyl (C=O) groups excluding carboxylic acids is 1. The lowest BCUT2D eigenvalue weighted by atomic mass is 10.2. The highest BCUT2D eigenvalue weighted by molar-refractivity contribution is 7.92. The highest BCUT2D eigenvalue weighted by Crippen LogP contribution is 2.22. The Labute approximate surface area is 145 Å². The van der Waals surface area contributed by atoms with Crippen LogP contribution in [0.2, 0.25) is 5.02 Å². The maximum absolute atomic E-state index is 12.4. The van der Waals surface area contributed by atoms with Crippen molar-refractivity contribution in [3.63, 3.8) is 0 Å². The normalized spacial score (nSPS) is 15.4. The molecule has 1 aliphatic heterocycles. The highest BCUT2D eigenvalue weighted by atomic mass is 35.5. The van der Waals surface area contributed by atoms with Gasteiger partial charge in [0.2, 0.25) is 0 Å². The molecule has 2 aromatic carbocycles. The van der Waals surface area contributed by atoms with Gasteiger partial charge in [-0.2, -0.15) is 0 Å². The Bertz CT molecular complexity index is 835. The van der Waals surface area contributed by atoms with Gasteiger partial charge in [-0.15, -0.1) is 0 Å². The van der Waals surface area contributed by atoms with Crippen molar-refractivity contribution in [2.24, 2.45) is 0 Å². The van der Waals surface area contributed by atoms with Gasteiger partial charge in [0, 0.05) is 22.9 Å². The van der Waals surface area contributed by atoms with Crippen molar-refractivity contribution in [3.8, 4) is 0 Å². The number of anilines is 2. The van der Waals surface area contributed by atoms with E-state index in [-0.39, 0.29) is 17.4 Å². The monoisotopic (exact) mass is 366 g/mol. The Morgan fingerprint density at radius 1 is 1.04 bits per heavy atom. The molecule has 1 amide bonds. The van der Waals surface area contributed by atoms with Crippen molar-refractivity contribution >= 4 is 38.9 Å². The molecule has 1 saturated heterocycles. The summed E-state index contributed by atoms with van der Waals surface area (Å²) in [4.78, 5) is 13.5. The van der Waals surface area contributed by atoms with Gasteiger partial charge in [-0.3, -0.25) is 9.52 Å². The van der Waals surface area contributed by atoms with Crippen LogP contribution >= 0.6 is 11.6 Å². The minimum atomic E-state index is -3.71. The van der Waals surface area contributed by atoms with E-state index in [1.54, 1.807) is 41.3 Å². The van der Waals surface area contributed by atoms with Crippen molar-refractivity contribution in [1.82, 2.24) is 0 Å². The highest BCUT2D eigenvalue weighted by Gasteiger charge is 2.21. The number of benzene rings is 2. The first kappa shape index (κ1) is 16.8. The summed E-state index contributed by atoms with van der Waals surface area (Å²) in [5.41, 5.74) is 1.07. The Morgan fingerprint density at radius 3 is 2.33 bits per heavy atom. The molecule has 0 aromatic heterocycles. The van der Waals surface area contributed by atoms with Crippen molar-refractivity contribution in [3.05, 3.63) is 53.6 Å². The van der Waals surface area contributed by atoms with Gasteiger partial charge in [0.25, 0.3) is 15.9 Å². The molecule has 0 radical (unpaired) electrons. The van der Waals surface area contributed by atoms with Crippen LogP contribution in [-0.4, -0.2) is 34.1 Å². The third-order valence-corrected chi connectivity index (χ3v) is 5.19. The fourth-order valence-corrected chi connectivity index (χ4v) is 3.51. The molecule has 0 saturated carbocycles. The molecule has 6 nitrogen and oxygen atoms in total. The zero-order chi connectivity index (χ0) is 17.2. The lowest BCUT2D eigenvalue weighted by molar-refractivity contribution is -0.125. The van der Waals surface area contributed by atoms with E-state index >= 15 is 0 Å². The maximum Gasteiger partial charge on any atom is 0.261 e. The van der Waals surface area contributed by atoms with E-state index in [9.17, 15) is 13.2 Å². The van der Waals surface area contributed by atoms with E-state index in [1.165, 1.54) is 12.1 Å². The topological polar surface area (TPSA) is 75.7 Å². The van der Waals surface area contributed by atoms with Crippen LogP contribution in [0.15, 0.2) is 53.4 Å². The summed E-state index contributed by atoms with van der Waals surface area (Å²) in [5.74, 6) is -0.142. The number of hydrogen-bond donors (Lipinski definition) is 1. The largest absolute Gasteiger partial charge is 0.370 e. The molecule has 8 heteroatoms. The third kappa shape index (κ3) is 3.69. The van der Waals surface area contributed by atoms with Gasteiger partial charge in [0.15, 0.2) is 0 Å². The maximum atomic E-state index is 12.4. The second kappa shape index (κ2) is 6.80. The van der Waals surface area contributed by atoms with Crippen LogP contribution < -0.4 is 9.62 Å². The van der Waals surface area contributed by atoms with Crippen LogP contribution in [0.1, 0.15) is 0 Å². The molecule has 0 aliphatic carbocycles. The number of ether oxygens (including phenoxy) is 1. The SMILES string of the molecule is O=C1COCCN1c1ccc(S(=O)(=O)Nc2ccc(Cl)cc2)cc1. The standard InChI is InChI=1S/C16H15ClN2O4S/c17-12-1-3-13(4-2-12)18-24(21,22)15-7-5-14(6-8-15)19-9-10-23-11-16(19)20/h1-8,18H,9-11H2. The smallest absolute Gasteiger partial charge is 0.261 e. The summed E-state index contributed by atoms with van der Waals surface area (Å²) in [6.07, 6.45) is 0. The second-order valence-corrected chi connectivity index (χ2v) is 7.32. The molecule has 24 heavy (non-hydrogen) atoms. The summed E-state index contributed by atoms with van der Waals surface area (Å²) in [6.45, 7) is 0.954. The van der Waals surface area contributed by atoms with Crippen molar-refractivity contribution < 1.29 is 17.9 Å². The second-order valence-electron chi connectivity index (χ2n) is 5.20. The number of amides is 1. The van der Waals surface area contributed by atoms with Crippen molar-refractivity contribution in [2.45, 2.75) is 4.90 Å². The quantitative estimate of drug-likeness (QED) is 0.902. The van der Waals surface area contributed by atoms with Gasteiger partial charge in [-0.25, -0.2) is 8.42 Å². The summed E-state index contributed by atoms with van der Waals surface area (Å²) in [7, 11) is -3.71. The van der Waals surface area contributed by atoms with Gasteiger partial charge in [-0.05, 0) is 48.5 Å². The number of rotatable bonds is 4. The Hall–Kier alpha value is -2.09. The van der Waals surface area contributed by atoms with E-state index in [2.05, 4.69) is 4.72 Å². The summed E-state index contributed by atoms with van der Waals surface area (Å²) >= 11 is 5.78. The molecule has 1 fully saturated rings. The molecule has 2 aromatic rings. The predicted octanol–water partition coefficient (Wildman–Crippen LogP) is 2.50. The molecule has 0 spiro atoms. The minimum absolute atomic E-state index is 0.0399. The molecular formula is C16H15ClN2O4S. The molecule has 1 heterocycles. The van der Waals surface area contributed by atoms with E-state index in [0.717, 1.165) is 0 Å². The number of hydrogen-bond acceptors (Lipinski definition) is 4. The van der Waals surface area contributed by atoms with Crippen molar-refractivity contribution in [2.75, 3.05) is 29.4 Å². The number of halogens is 1. The Balaban J connectivity index is 1.78. The molecule has 1 N–H and O–H groups in total. The van der Waals surface area contributed by atoms with Crippen LogP contribution in [0.25, 0.3) is 0 Å². The minimum Gasteiger partial charge on any atom is -0.370 e. The van der Waals surface area contributed by atoms with E-state index in [4.69, 9.17) is 16.3 Å². The van der Waals surface area contributed by atoms with Crippen LogP contribution in [-0.2, 0) is 19.6 Å². The molecule has 1 aliphatic rings. The van der Waals surface area contributed by atoms with Crippen LogP contribution in [0.5, 0.6) is 0 Å². The molecular weight excluding hydrogens is 352 g/mol. The Kier molecular flexibility index (Phi) is 4.75. The van der Waals surface area contributed by atoms with E-state index in [1.807, 2.05) is 0 Å². The van der Waals surface area contributed by atoms with Gasteiger partial charge in [0.1, 0.15) is 6.61 Å². The fraction of sp³-hybridized carbons (Fsp3) is 0.188. The van der Waals surface area contributed by atoms with Gasteiger partial charge in [0.05, 0.1) is 11.5 Å². The molecule has 0 unspecified atom stereocenters. The summed E-state index contributed by atoms with van der Waals surface area (Å²) < 4.78 is 32.3. The van der Waals surface area contributed by atoms with Gasteiger partial charge in [-0.1, -0.05) is 11.6 Å². The predicted molar refractivity (Wildman–Crippen MR) is 91.9 cm³/mol. The average molecular weight is 367 g/mol. The van der Waals surface area contributed by atoms with Crippen LogP contribution in [0.4, 0.5) is 11.4 Å². The Morgan fingerprint density at radius 2 is 1.71 bits per heavy atom. The third-order valence-electron chi connectivity index (χ3n) is 3.54. The van der Waals surface area contributed by atoms with Crippen molar-refractivity contribution in [1.29, 1.82) is 0 Å². The number of carbonyl (C=O) groups is 1. The van der Waals surface area contributed by atoms with E-state index < -0.39 is 10.0 Å². The first-order valence-corrected chi connectivity index (χ1v) is 9.08. The summed E-state index contributed by atoms with van der Waals surface area (Å²) in [6, 6.07) is 12.5. The van der Waals surface area contributed by atoms with Gasteiger partial charge >= 0.3 is 0 Å². The molecule has 0 atom stereocenters. The number of nitrogens with zero attached hydrogens (tertiary/aromatic N) is 1. The fourth-order valence-electron chi connectivity index (χ4n) is 2.33. The first-order chi connectivity index (χ1) is 11.5. The average Bonchev–Trinajstić information content (AvgIpc) is 2.57. The number of morpholine rings is 1. The van der Waals surface area contributed by atoms with E-state index in [0.29, 0.717) is 29.5 Å². The summed E-state index contributed by atoms with van der Waals surface area (Å²) in [5, 5.41) is 0.525. The molecule has 0 bridgehead atoms. The zero-order valence-electron chi connectivity index (χ0n) is 12.6. The zero-order valence-corrected chi connectivity index (χ0v) is 14.2.